The first-order valence-corrected chi connectivity index (χ1v) is 12.0. The summed E-state index contributed by atoms with van der Waals surface area (Å²) in [7, 11) is -3.63. The Kier molecular flexibility index (Phi) is 6.04. The zero-order valence-corrected chi connectivity index (χ0v) is 18.9. The van der Waals surface area contributed by atoms with Crippen LogP contribution < -0.4 is 14.8 Å². The van der Waals surface area contributed by atoms with Gasteiger partial charge in [-0.05, 0) is 61.7 Å². The van der Waals surface area contributed by atoms with Crippen molar-refractivity contribution < 1.29 is 22.7 Å². The number of nitrogens with one attached hydrogen (secondary N) is 1. The normalized spacial score (nSPS) is 20.0. The van der Waals surface area contributed by atoms with Crippen LogP contribution in [0.5, 0.6) is 11.5 Å². The average molecular weight is 495 g/mol. The summed E-state index contributed by atoms with van der Waals surface area (Å²) in [6.45, 7) is 2.69. The molecule has 0 aromatic heterocycles. The van der Waals surface area contributed by atoms with Crippen LogP contribution in [0, 0.1) is 5.92 Å². The van der Waals surface area contributed by atoms with Crippen LogP contribution in [0.2, 0.25) is 0 Å². The molecular formula is C21H23BrN2O5S. The first kappa shape index (κ1) is 21.1. The van der Waals surface area contributed by atoms with Crippen LogP contribution in [0.3, 0.4) is 0 Å². The van der Waals surface area contributed by atoms with Crippen molar-refractivity contribution in [2.75, 3.05) is 19.9 Å². The van der Waals surface area contributed by atoms with E-state index in [-0.39, 0.29) is 36.1 Å². The number of halogens is 1. The minimum absolute atomic E-state index is 0.143. The van der Waals surface area contributed by atoms with Crippen molar-refractivity contribution in [3.8, 4) is 11.5 Å². The Morgan fingerprint density at radius 3 is 2.67 bits per heavy atom. The van der Waals surface area contributed by atoms with Gasteiger partial charge in [0, 0.05) is 17.6 Å². The van der Waals surface area contributed by atoms with Gasteiger partial charge in [0.25, 0.3) is 0 Å². The van der Waals surface area contributed by atoms with Gasteiger partial charge in [-0.25, -0.2) is 8.42 Å². The monoisotopic (exact) mass is 494 g/mol. The Morgan fingerprint density at radius 2 is 1.90 bits per heavy atom. The molecule has 2 atom stereocenters. The Balaban J connectivity index is 1.42. The van der Waals surface area contributed by atoms with Crippen LogP contribution in [-0.2, 0) is 14.8 Å². The number of piperidine rings is 1. The molecule has 0 saturated carbocycles. The van der Waals surface area contributed by atoms with Crippen molar-refractivity contribution in [2.45, 2.75) is 30.7 Å². The van der Waals surface area contributed by atoms with E-state index in [0.717, 1.165) is 10.0 Å². The lowest BCUT2D eigenvalue weighted by atomic mass is 9.98. The zero-order chi connectivity index (χ0) is 21.3. The number of hydrogen-bond donors (Lipinski definition) is 1. The highest BCUT2D eigenvalue weighted by molar-refractivity contribution is 9.10. The number of benzene rings is 2. The summed E-state index contributed by atoms with van der Waals surface area (Å²) in [6, 6.07) is 11.9. The summed E-state index contributed by atoms with van der Waals surface area (Å²) < 4.78 is 38.9. The van der Waals surface area contributed by atoms with E-state index in [0.29, 0.717) is 30.9 Å². The van der Waals surface area contributed by atoms with E-state index in [4.69, 9.17) is 9.47 Å². The number of carbonyl (C=O) groups is 1. The molecule has 0 bridgehead atoms. The molecular weight excluding hydrogens is 472 g/mol. The fourth-order valence-corrected chi connectivity index (χ4v) is 5.52. The number of rotatable bonds is 5. The molecule has 4 rings (SSSR count). The van der Waals surface area contributed by atoms with Crippen molar-refractivity contribution in [3.63, 3.8) is 0 Å². The minimum Gasteiger partial charge on any atom is -0.454 e. The highest BCUT2D eigenvalue weighted by Crippen LogP contribution is 2.34. The molecule has 9 heteroatoms. The summed E-state index contributed by atoms with van der Waals surface area (Å²) in [6.07, 6.45) is 1.30. The number of ether oxygens (including phenoxy) is 2. The van der Waals surface area contributed by atoms with Gasteiger partial charge in [0.05, 0.1) is 16.9 Å². The summed E-state index contributed by atoms with van der Waals surface area (Å²) in [5.41, 5.74) is 0.905. The van der Waals surface area contributed by atoms with Crippen LogP contribution >= 0.6 is 15.9 Å². The van der Waals surface area contributed by atoms with E-state index >= 15 is 0 Å². The Hall–Kier alpha value is -2.10. The summed E-state index contributed by atoms with van der Waals surface area (Å²) in [5.74, 6) is 0.827. The van der Waals surface area contributed by atoms with Crippen LogP contribution in [0.4, 0.5) is 0 Å². The van der Waals surface area contributed by atoms with Gasteiger partial charge in [-0.3, -0.25) is 4.79 Å². The molecule has 1 saturated heterocycles. The molecule has 0 aliphatic carbocycles. The topological polar surface area (TPSA) is 84.9 Å². The maximum absolute atomic E-state index is 13.0. The van der Waals surface area contributed by atoms with E-state index in [9.17, 15) is 13.2 Å². The van der Waals surface area contributed by atoms with Crippen molar-refractivity contribution in [3.05, 3.63) is 52.5 Å². The number of fused-ring (bicyclic) bond motifs is 1. The van der Waals surface area contributed by atoms with Gasteiger partial charge < -0.3 is 14.8 Å². The Bertz CT molecular complexity index is 1040. The van der Waals surface area contributed by atoms with Crippen LogP contribution in [0.1, 0.15) is 31.4 Å². The summed E-state index contributed by atoms with van der Waals surface area (Å²) in [5, 5.41) is 3.01. The lowest BCUT2D eigenvalue weighted by Crippen LogP contribution is -2.45. The Labute approximate surface area is 184 Å². The molecule has 0 unspecified atom stereocenters. The van der Waals surface area contributed by atoms with E-state index in [1.165, 1.54) is 4.31 Å². The quantitative estimate of drug-likeness (QED) is 0.687. The molecule has 7 nitrogen and oxygen atoms in total. The number of nitrogens with zero attached hydrogens (tertiary/aromatic N) is 1. The van der Waals surface area contributed by atoms with Gasteiger partial charge in [-0.2, -0.15) is 4.31 Å². The van der Waals surface area contributed by atoms with Gasteiger partial charge in [0.15, 0.2) is 11.5 Å². The van der Waals surface area contributed by atoms with Crippen LogP contribution in [0.25, 0.3) is 0 Å². The van der Waals surface area contributed by atoms with Crippen molar-refractivity contribution in [1.82, 2.24) is 9.62 Å². The lowest BCUT2D eigenvalue weighted by molar-refractivity contribution is -0.126. The highest BCUT2D eigenvalue weighted by atomic mass is 79.9. The van der Waals surface area contributed by atoms with Gasteiger partial charge in [0.1, 0.15) is 0 Å². The molecule has 0 spiro atoms. The molecule has 30 heavy (non-hydrogen) atoms. The molecule has 160 valence electrons. The van der Waals surface area contributed by atoms with Gasteiger partial charge in [0.2, 0.25) is 22.7 Å². The number of carbonyl (C=O) groups excluding carboxylic acids is 1. The largest absolute Gasteiger partial charge is 0.454 e. The van der Waals surface area contributed by atoms with Gasteiger partial charge in [-0.1, -0.05) is 22.0 Å². The number of hydrogen-bond acceptors (Lipinski definition) is 5. The third kappa shape index (κ3) is 4.33. The second-order valence-electron chi connectivity index (χ2n) is 7.50. The molecule has 0 radical (unpaired) electrons. The number of amides is 1. The third-order valence-electron chi connectivity index (χ3n) is 5.46. The summed E-state index contributed by atoms with van der Waals surface area (Å²) >= 11 is 3.32. The summed E-state index contributed by atoms with van der Waals surface area (Å²) in [4.78, 5) is 13.1. The molecule has 1 amide bonds. The van der Waals surface area contributed by atoms with E-state index in [1.54, 1.807) is 24.3 Å². The molecule has 1 fully saturated rings. The van der Waals surface area contributed by atoms with Crippen molar-refractivity contribution in [2.24, 2.45) is 5.92 Å². The van der Waals surface area contributed by atoms with E-state index in [1.807, 2.05) is 25.1 Å². The second kappa shape index (κ2) is 8.56. The Morgan fingerprint density at radius 1 is 1.17 bits per heavy atom. The molecule has 2 aromatic rings. The van der Waals surface area contributed by atoms with Crippen molar-refractivity contribution in [1.29, 1.82) is 0 Å². The SMILES string of the molecule is C[C@H](NC(=O)[C@H]1CCCN(S(=O)(=O)c2ccc(Br)cc2)C1)c1ccc2c(c1)OCO2. The maximum Gasteiger partial charge on any atom is 0.243 e. The van der Waals surface area contributed by atoms with Crippen LogP contribution in [-0.4, -0.2) is 38.5 Å². The van der Waals surface area contributed by atoms with Gasteiger partial charge in [-0.15, -0.1) is 0 Å². The van der Waals surface area contributed by atoms with E-state index in [2.05, 4.69) is 21.2 Å². The molecule has 2 heterocycles. The standard InChI is InChI=1S/C21H23BrN2O5S/c1-14(15-4-9-19-20(11-15)29-13-28-19)23-21(25)16-3-2-10-24(12-16)30(26,27)18-7-5-17(22)6-8-18/h4-9,11,14,16H,2-3,10,12-13H2,1H3,(H,23,25)/t14-,16-/m0/s1. The highest BCUT2D eigenvalue weighted by Gasteiger charge is 2.33. The predicted molar refractivity (Wildman–Crippen MR) is 115 cm³/mol. The first-order chi connectivity index (χ1) is 14.3. The van der Waals surface area contributed by atoms with E-state index < -0.39 is 10.0 Å². The third-order valence-corrected chi connectivity index (χ3v) is 7.87. The predicted octanol–water partition coefficient (Wildman–Crippen LogP) is 3.46. The van der Waals surface area contributed by atoms with Crippen LogP contribution in [0.15, 0.2) is 51.8 Å². The average Bonchev–Trinajstić information content (AvgIpc) is 3.22. The van der Waals surface area contributed by atoms with Gasteiger partial charge >= 0.3 is 0 Å². The van der Waals surface area contributed by atoms with Crippen molar-refractivity contribution >= 4 is 31.9 Å². The zero-order valence-electron chi connectivity index (χ0n) is 16.5. The maximum atomic E-state index is 13.0. The smallest absolute Gasteiger partial charge is 0.243 e. The first-order valence-electron chi connectivity index (χ1n) is 9.80. The fraction of sp³-hybridized carbons (Fsp3) is 0.381. The molecule has 2 aliphatic heterocycles. The molecule has 2 aromatic carbocycles. The second-order valence-corrected chi connectivity index (χ2v) is 10.4. The lowest BCUT2D eigenvalue weighted by Gasteiger charge is -2.32. The fourth-order valence-electron chi connectivity index (χ4n) is 3.73. The number of sulfonamides is 1. The molecule has 2 aliphatic rings. The minimum atomic E-state index is -3.63. The molecule has 1 N–H and O–H groups in total.